The highest BCUT2D eigenvalue weighted by Gasteiger charge is 2.23. The van der Waals surface area contributed by atoms with Gasteiger partial charge in [-0.1, -0.05) is 11.6 Å². The van der Waals surface area contributed by atoms with Crippen LogP contribution in [0, 0.1) is 17.0 Å². The quantitative estimate of drug-likeness (QED) is 0.327. The van der Waals surface area contributed by atoms with Crippen LogP contribution in [-0.4, -0.2) is 25.4 Å². The fraction of sp³-hybridized carbons (Fsp3) is 0.211. The van der Waals surface area contributed by atoms with E-state index < -0.39 is 26.6 Å². The molecule has 0 unspecified atom stereocenters. The lowest BCUT2D eigenvalue weighted by Gasteiger charge is -2.09. The maximum atomic E-state index is 12.7. The van der Waals surface area contributed by atoms with Crippen molar-refractivity contribution in [1.29, 1.82) is 0 Å². The van der Waals surface area contributed by atoms with Crippen LogP contribution in [0.1, 0.15) is 30.0 Å². The van der Waals surface area contributed by atoms with E-state index in [1.54, 1.807) is 20.8 Å². The third-order valence-corrected chi connectivity index (χ3v) is 5.79. The van der Waals surface area contributed by atoms with Crippen molar-refractivity contribution in [3.05, 3.63) is 62.9 Å². The number of carbonyl (C=O) groups is 1. The maximum absolute atomic E-state index is 12.7. The van der Waals surface area contributed by atoms with Crippen molar-refractivity contribution in [2.24, 2.45) is 0 Å². The number of aryl methyl sites for hydroxylation is 1. The highest BCUT2D eigenvalue weighted by molar-refractivity contribution is 7.92. The van der Waals surface area contributed by atoms with Crippen molar-refractivity contribution < 1.29 is 27.3 Å². The Balaban J connectivity index is 2.00. The minimum Gasteiger partial charge on any atom is -0.460 e. The monoisotopic (exact) mass is 452 g/mol. The van der Waals surface area contributed by atoms with E-state index >= 15 is 0 Å². The Morgan fingerprint density at radius 2 is 1.93 bits per heavy atom. The minimum atomic E-state index is -4.16. The van der Waals surface area contributed by atoms with Gasteiger partial charge in [-0.15, -0.1) is 0 Å². The number of furan rings is 1. The second-order valence-corrected chi connectivity index (χ2v) is 8.76. The molecule has 0 aliphatic heterocycles. The Morgan fingerprint density at radius 3 is 2.57 bits per heavy atom. The number of sulfonamides is 1. The van der Waals surface area contributed by atoms with Gasteiger partial charge in [0, 0.05) is 17.1 Å². The highest BCUT2D eigenvalue weighted by Crippen LogP contribution is 2.31. The fourth-order valence-corrected chi connectivity index (χ4v) is 4.08. The van der Waals surface area contributed by atoms with Gasteiger partial charge < -0.3 is 9.15 Å². The molecule has 0 radical (unpaired) electrons. The van der Waals surface area contributed by atoms with E-state index in [-0.39, 0.29) is 27.3 Å². The average molecular weight is 453 g/mol. The normalized spacial score (nSPS) is 11.6. The third kappa shape index (κ3) is 4.24. The number of fused-ring (bicyclic) bond motifs is 1. The molecule has 3 aromatic rings. The predicted octanol–water partition coefficient (Wildman–Crippen LogP) is 4.67. The molecule has 0 saturated carbocycles. The molecule has 1 heterocycles. The van der Waals surface area contributed by atoms with E-state index in [1.807, 2.05) is 0 Å². The zero-order chi connectivity index (χ0) is 22.2. The predicted molar refractivity (Wildman–Crippen MR) is 110 cm³/mol. The lowest BCUT2D eigenvalue weighted by Crippen LogP contribution is -2.14. The van der Waals surface area contributed by atoms with E-state index in [2.05, 4.69) is 4.72 Å². The molecule has 9 nitrogen and oxygen atoms in total. The molecule has 0 amide bonds. The molecule has 0 aliphatic carbocycles. The minimum absolute atomic E-state index is 0.138. The van der Waals surface area contributed by atoms with Crippen LogP contribution in [0.2, 0.25) is 5.02 Å². The average Bonchev–Trinajstić information content (AvgIpc) is 2.95. The number of esters is 1. The van der Waals surface area contributed by atoms with Crippen molar-refractivity contribution in [2.45, 2.75) is 31.8 Å². The molecule has 0 saturated heterocycles. The number of rotatable bonds is 6. The third-order valence-electron chi connectivity index (χ3n) is 4.09. The molecule has 2 aromatic carbocycles. The van der Waals surface area contributed by atoms with Gasteiger partial charge in [-0.05, 0) is 51.1 Å². The van der Waals surface area contributed by atoms with Crippen LogP contribution in [-0.2, 0) is 14.8 Å². The van der Waals surface area contributed by atoms with Crippen LogP contribution in [0.3, 0.4) is 0 Å². The number of nitro groups is 1. The fourth-order valence-electron chi connectivity index (χ4n) is 2.82. The number of nitrogens with one attached hydrogen (secondary N) is 1. The Bertz CT molecular complexity index is 1270. The molecule has 0 atom stereocenters. The first kappa shape index (κ1) is 21.6. The summed E-state index contributed by atoms with van der Waals surface area (Å²) in [6, 6.07) is 7.56. The van der Waals surface area contributed by atoms with Crippen LogP contribution in [0.4, 0.5) is 11.4 Å². The van der Waals surface area contributed by atoms with Crippen LogP contribution >= 0.6 is 11.6 Å². The van der Waals surface area contributed by atoms with Gasteiger partial charge in [-0.2, -0.15) is 0 Å². The van der Waals surface area contributed by atoms with Gasteiger partial charge in [-0.25, -0.2) is 13.2 Å². The summed E-state index contributed by atoms with van der Waals surface area (Å²) in [4.78, 5) is 22.3. The molecule has 0 aliphatic rings. The highest BCUT2D eigenvalue weighted by atomic mass is 35.5. The van der Waals surface area contributed by atoms with Gasteiger partial charge in [0.1, 0.15) is 21.9 Å². The zero-order valence-corrected chi connectivity index (χ0v) is 17.7. The molecule has 0 bridgehead atoms. The standard InChI is InChI=1S/C19H17ClN2O7S/c1-10(2)28-19(23)18-11(3)29-17-7-4-12(8-14(17)18)21-30(26,27)13-5-6-15(20)16(9-13)22(24)25/h4-10,21H,1-3H3. The van der Waals surface area contributed by atoms with Crippen molar-refractivity contribution in [3.8, 4) is 0 Å². The number of ether oxygens (including phenoxy) is 1. The molecule has 158 valence electrons. The Kier molecular flexibility index (Phi) is 5.73. The van der Waals surface area contributed by atoms with E-state index in [9.17, 15) is 23.3 Å². The molecule has 30 heavy (non-hydrogen) atoms. The summed E-state index contributed by atoms with van der Waals surface area (Å²) in [5.74, 6) is -0.251. The summed E-state index contributed by atoms with van der Waals surface area (Å²) < 4.78 is 38.5. The zero-order valence-electron chi connectivity index (χ0n) is 16.1. The Hall–Kier alpha value is -3.11. The van der Waals surface area contributed by atoms with Crippen LogP contribution in [0.5, 0.6) is 0 Å². The van der Waals surface area contributed by atoms with Gasteiger partial charge in [0.15, 0.2) is 0 Å². The second-order valence-electron chi connectivity index (χ2n) is 6.67. The van der Waals surface area contributed by atoms with Gasteiger partial charge in [0.05, 0.1) is 15.9 Å². The number of carbonyl (C=O) groups excluding carboxylic acids is 1. The summed E-state index contributed by atoms with van der Waals surface area (Å²) in [7, 11) is -4.16. The van der Waals surface area contributed by atoms with Gasteiger partial charge in [-0.3, -0.25) is 14.8 Å². The van der Waals surface area contributed by atoms with Crippen LogP contribution in [0.25, 0.3) is 11.0 Å². The number of anilines is 1. The molecule has 1 aromatic heterocycles. The van der Waals surface area contributed by atoms with Crippen molar-refractivity contribution in [1.82, 2.24) is 0 Å². The molecule has 3 rings (SSSR count). The molecule has 0 fully saturated rings. The number of nitrogens with zero attached hydrogens (tertiary/aromatic N) is 1. The largest absolute Gasteiger partial charge is 0.460 e. The SMILES string of the molecule is Cc1oc2ccc(NS(=O)(=O)c3ccc(Cl)c([N+](=O)[O-])c3)cc2c1C(=O)OC(C)C. The van der Waals surface area contributed by atoms with E-state index in [1.165, 1.54) is 18.2 Å². The summed E-state index contributed by atoms with van der Waals surface area (Å²) >= 11 is 5.74. The number of hydrogen-bond acceptors (Lipinski definition) is 7. The first-order chi connectivity index (χ1) is 14.0. The summed E-state index contributed by atoms with van der Waals surface area (Å²) in [5.41, 5.74) is 0.189. The van der Waals surface area contributed by atoms with Crippen LogP contribution < -0.4 is 4.72 Å². The molecule has 0 spiro atoms. The maximum Gasteiger partial charge on any atom is 0.342 e. The van der Waals surface area contributed by atoms with Gasteiger partial charge in [0.25, 0.3) is 15.7 Å². The number of benzene rings is 2. The van der Waals surface area contributed by atoms with E-state index in [0.29, 0.717) is 16.7 Å². The second kappa shape index (κ2) is 7.96. The molecular formula is C19H17ClN2O7S. The van der Waals surface area contributed by atoms with Crippen molar-refractivity contribution in [3.63, 3.8) is 0 Å². The van der Waals surface area contributed by atoms with E-state index in [0.717, 1.165) is 18.2 Å². The number of halogens is 1. The smallest absolute Gasteiger partial charge is 0.342 e. The Labute approximate surface area is 176 Å². The van der Waals surface area contributed by atoms with Gasteiger partial charge >= 0.3 is 5.97 Å². The Morgan fingerprint density at radius 1 is 1.23 bits per heavy atom. The van der Waals surface area contributed by atoms with Gasteiger partial charge in [0.2, 0.25) is 0 Å². The van der Waals surface area contributed by atoms with Crippen molar-refractivity contribution >= 4 is 49.9 Å². The summed E-state index contributed by atoms with van der Waals surface area (Å²) in [6.07, 6.45) is -0.343. The molecule has 11 heteroatoms. The van der Waals surface area contributed by atoms with E-state index in [4.69, 9.17) is 20.8 Å². The van der Waals surface area contributed by atoms with Crippen LogP contribution in [0.15, 0.2) is 45.7 Å². The lowest BCUT2D eigenvalue weighted by molar-refractivity contribution is -0.384. The topological polar surface area (TPSA) is 129 Å². The first-order valence-corrected chi connectivity index (χ1v) is 10.6. The summed E-state index contributed by atoms with van der Waals surface area (Å²) in [5, 5.41) is 11.2. The molecular weight excluding hydrogens is 436 g/mol. The number of nitro benzene ring substituents is 1. The first-order valence-electron chi connectivity index (χ1n) is 8.70. The number of hydrogen-bond donors (Lipinski definition) is 1. The molecule has 1 N–H and O–H groups in total. The van der Waals surface area contributed by atoms with Crippen molar-refractivity contribution in [2.75, 3.05) is 4.72 Å². The summed E-state index contributed by atoms with van der Waals surface area (Å²) in [6.45, 7) is 5.02. The lowest BCUT2D eigenvalue weighted by atomic mass is 10.1.